The Labute approximate surface area is 164 Å². The summed E-state index contributed by atoms with van der Waals surface area (Å²) in [6.07, 6.45) is 2.38. The number of oxime groups is 1. The van der Waals surface area contributed by atoms with Crippen molar-refractivity contribution in [2.45, 2.75) is 19.4 Å². The SMILES string of the molecule is Cc1cc(Nc2nc(NCC3CC(c4ccccc4)=NO3)ncc2Br)n[nH]1. The number of halogens is 1. The highest BCUT2D eigenvalue weighted by Crippen LogP contribution is 2.24. The molecular weight excluding hydrogens is 410 g/mol. The number of aromatic nitrogens is 4. The molecule has 3 aromatic rings. The summed E-state index contributed by atoms with van der Waals surface area (Å²) >= 11 is 3.45. The van der Waals surface area contributed by atoms with E-state index in [-0.39, 0.29) is 6.10 Å². The van der Waals surface area contributed by atoms with Crippen LogP contribution in [-0.2, 0) is 4.84 Å². The third-order valence-corrected chi connectivity index (χ3v) is 4.60. The average molecular weight is 428 g/mol. The van der Waals surface area contributed by atoms with Crippen molar-refractivity contribution in [1.82, 2.24) is 20.2 Å². The summed E-state index contributed by atoms with van der Waals surface area (Å²) in [5.74, 6) is 1.83. The van der Waals surface area contributed by atoms with E-state index in [2.05, 4.69) is 51.9 Å². The maximum absolute atomic E-state index is 5.52. The molecule has 0 spiro atoms. The van der Waals surface area contributed by atoms with Crippen molar-refractivity contribution in [3.63, 3.8) is 0 Å². The van der Waals surface area contributed by atoms with Crippen molar-refractivity contribution in [2.24, 2.45) is 5.16 Å². The summed E-state index contributed by atoms with van der Waals surface area (Å²) < 4.78 is 0.750. The molecule has 3 heterocycles. The molecule has 3 N–H and O–H groups in total. The van der Waals surface area contributed by atoms with E-state index in [1.165, 1.54) is 0 Å². The van der Waals surface area contributed by atoms with Gasteiger partial charge in [0.05, 0.1) is 16.7 Å². The zero-order valence-corrected chi connectivity index (χ0v) is 16.2. The number of hydrogen-bond donors (Lipinski definition) is 3. The molecule has 2 aromatic heterocycles. The van der Waals surface area contributed by atoms with Gasteiger partial charge in [0.2, 0.25) is 5.95 Å². The Morgan fingerprint density at radius 1 is 1.30 bits per heavy atom. The Morgan fingerprint density at radius 2 is 2.15 bits per heavy atom. The molecule has 0 radical (unpaired) electrons. The van der Waals surface area contributed by atoms with E-state index in [0.717, 1.165) is 27.9 Å². The Hall–Kier alpha value is -2.94. The molecule has 0 fully saturated rings. The Kier molecular flexibility index (Phi) is 5.01. The van der Waals surface area contributed by atoms with Gasteiger partial charge in [-0.25, -0.2) is 4.98 Å². The normalized spacial score (nSPS) is 15.9. The minimum atomic E-state index is -0.0575. The van der Waals surface area contributed by atoms with Gasteiger partial charge in [0.1, 0.15) is 6.10 Å². The monoisotopic (exact) mass is 427 g/mol. The molecule has 1 atom stereocenters. The van der Waals surface area contributed by atoms with E-state index in [1.54, 1.807) is 6.20 Å². The van der Waals surface area contributed by atoms with Crippen molar-refractivity contribution in [2.75, 3.05) is 17.2 Å². The Bertz CT molecular complexity index is 957. The first kappa shape index (κ1) is 17.5. The van der Waals surface area contributed by atoms with Crippen LogP contribution in [0.5, 0.6) is 0 Å². The van der Waals surface area contributed by atoms with Gasteiger partial charge >= 0.3 is 0 Å². The summed E-state index contributed by atoms with van der Waals surface area (Å²) in [6.45, 7) is 2.50. The summed E-state index contributed by atoms with van der Waals surface area (Å²) in [5, 5.41) is 17.6. The van der Waals surface area contributed by atoms with E-state index in [9.17, 15) is 0 Å². The van der Waals surface area contributed by atoms with Gasteiger partial charge in [-0.05, 0) is 28.4 Å². The number of hydrogen-bond acceptors (Lipinski definition) is 7. The quantitative estimate of drug-likeness (QED) is 0.555. The molecule has 1 aliphatic rings. The highest BCUT2D eigenvalue weighted by molar-refractivity contribution is 9.10. The maximum Gasteiger partial charge on any atom is 0.224 e. The number of H-pyrrole nitrogens is 1. The lowest BCUT2D eigenvalue weighted by Gasteiger charge is -2.11. The van der Waals surface area contributed by atoms with Gasteiger partial charge in [-0.15, -0.1) is 0 Å². The summed E-state index contributed by atoms with van der Waals surface area (Å²) in [7, 11) is 0. The third-order valence-electron chi connectivity index (χ3n) is 4.02. The Balaban J connectivity index is 1.36. The molecular formula is C18H18BrN7O. The van der Waals surface area contributed by atoms with Crippen LogP contribution in [0.4, 0.5) is 17.6 Å². The average Bonchev–Trinajstić information content (AvgIpc) is 3.32. The fourth-order valence-electron chi connectivity index (χ4n) is 2.69. The third kappa shape index (κ3) is 4.25. The minimum absolute atomic E-state index is 0.0575. The van der Waals surface area contributed by atoms with Crippen LogP contribution in [0.2, 0.25) is 0 Å². The molecule has 1 aliphatic heterocycles. The second-order valence-corrected chi connectivity index (χ2v) is 7.02. The fraction of sp³-hybridized carbons (Fsp3) is 0.222. The van der Waals surface area contributed by atoms with Crippen molar-refractivity contribution in [3.8, 4) is 0 Å². The molecule has 1 unspecified atom stereocenters. The Morgan fingerprint density at radius 3 is 2.93 bits per heavy atom. The molecule has 1 aromatic carbocycles. The molecule has 138 valence electrons. The molecule has 8 nitrogen and oxygen atoms in total. The van der Waals surface area contributed by atoms with Crippen LogP contribution in [0.3, 0.4) is 0 Å². The van der Waals surface area contributed by atoms with Gasteiger partial charge in [0.25, 0.3) is 0 Å². The van der Waals surface area contributed by atoms with Crippen molar-refractivity contribution in [3.05, 3.63) is 58.3 Å². The number of nitrogens with zero attached hydrogens (tertiary/aromatic N) is 4. The van der Waals surface area contributed by atoms with E-state index < -0.39 is 0 Å². The number of rotatable bonds is 6. The zero-order chi connectivity index (χ0) is 18.6. The first-order chi connectivity index (χ1) is 13.2. The molecule has 27 heavy (non-hydrogen) atoms. The second kappa shape index (κ2) is 7.75. The zero-order valence-electron chi connectivity index (χ0n) is 14.6. The van der Waals surface area contributed by atoms with E-state index in [1.807, 2.05) is 43.3 Å². The molecule has 4 rings (SSSR count). The summed E-state index contributed by atoms with van der Waals surface area (Å²) in [6, 6.07) is 11.9. The van der Waals surface area contributed by atoms with E-state index in [0.29, 0.717) is 24.1 Å². The number of aryl methyl sites for hydroxylation is 1. The lowest BCUT2D eigenvalue weighted by molar-refractivity contribution is 0.0948. The standard InChI is InChI=1S/C18H18BrN7O/c1-11-7-16(25-24-11)22-17-14(19)10-21-18(23-17)20-9-13-8-15(26-27-13)12-5-3-2-4-6-12/h2-7,10,13H,8-9H2,1H3,(H3,20,21,22,23,24,25). The number of benzene rings is 1. The number of aromatic amines is 1. The van der Waals surface area contributed by atoms with Crippen LogP contribution < -0.4 is 10.6 Å². The van der Waals surface area contributed by atoms with Crippen LogP contribution >= 0.6 is 15.9 Å². The van der Waals surface area contributed by atoms with Crippen LogP contribution in [0, 0.1) is 6.92 Å². The first-order valence-corrected chi connectivity index (χ1v) is 9.30. The first-order valence-electron chi connectivity index (χ1n) is 8.51. The molecule has 0 aliphatic carbocycles. The predicted octanol–water partition coefficient (Wildman–Crippen LogP) is 3.62. The molecule has 0 saturated heterocycles. The van der Waals surface area contributed by atoms with Gasteiger partial charge in [0.15, 0.2) is 11.6 Å². The number of nitrogens with one attached hydrogen (secondary N) is 3. The fourth-order valence-corrected chi connectivity index (χ4v) is 2.98. The summed E-state index contributed by atoms with van der Waals surface area (Å²) in [4.78, 5) is 14.3. The van der Waals surface area contributed by atoms with Crippen LogP contribution in [0.15, 0.2) is 52.2 Å². The lowest BCUT2D eigenvalue weighted by atomic mass is 10.1. The van der Waals surface area contributed by atoms with Gasteiger partial charge in [-0.1, -0.05) is 35.5 Å². The predicted molar refractivity (Wildman–Crippen MR) is 107 cm³/mol. The van der Waals surface area contributed by atoms with Crippen molar-refractivity contribution >= 4 is 39.2 Å². The maximum atomic E-state index is 5.52. The molecule has 0 bridgehead atoms. The van der Waals surface area contributed by atoms with Gasteiger partial charge in [0, 0.05) is 24.4 Å². The molecule has 9 heteroatoms. The summed E-state index contributed by atoms with van der Waals surface area (Å²) in [5.41, 5.74) is 3.00. The molecule has 0 saturated carbocycles. The highest BCUT2D eigenvalue weighted by Gasteiger charge is 2.22. The van der Waals surface area contributed by atoms with Crippen molar-refractivity contribution < 1.29 is 4.84 Å². The minimum Gasteiger partial charge on any atom is -0.390 e. The van der Waals surface area contributed by atoms with E-state index >= 15 is 0 Å². The van der Waals surface area contributed by atoms with Gasteiger partial charge < -0.3 is 15.5 Å². The van der Waals surface area contributed by atoms with Gasteiger partial charge in [-0.2, -0.15) is 10.1 Å². The van der Waals surface area contributed by atoms with Crippen LogP contribution in [0.25, 0.3) is 0 Å². The second-order valence-electron chi connectivity index (χ2n) is 6.17. The largest absolute Gasteiger partial charge is 0.390 e. The smallest absolute Gasteiger partial charge is 0.224 e. The highest BCUT2D eigenvalue weighted by atomic mass is 79.9. The van der Waals surface area contributed by atoms with Gasteiger partial charge in [-0.3, -0.25) is 5.10 Å². The molecule has 0 amide bonds. The number of anilines is 3. The van der Waals surface area contributed by atoms with E-state index in [4.69, 9.17) is 4.84 Å². The van der Waals surface area contributed by atoms with Crippen molar-refractivity contribution in [1.29, 1.82) is 0 Å². The van der Waals surface area contributed by atoms with Crippen LogP contribution in [0.1, 0.15) is 17.7 Å². The lowest BCUT2D eigenvalue weighted by Crippen LogP contribution is -2.21. The topological polar surface area (TPSA) is 100 Å². The van der Waals surface area contributed by atoms with Crippen LogP contribution in [-0.4, -0.2) is 38.5 Å².